The molecule has 0 spiro atoms. The van der Waals surface area contributed by atoms with Crippen LogP contribution in [0.5, 0.6) is 0 Å². The Morgan fingerprint density at radius 1 is 1.00 bits per heavy atom. The molecule has 1 aromatic carbocycles. The van der Waals surface area contributed by atoms with Crippen LogP contribution >= 0.6 is 0 Å². The van der Waals surface area contributed by atoms with Crippen LogP contribution in [0.4, 0.5) is 0 Å². The maximum atomic E-state index is 5.61. The molecule has 15 heavy (non-hydrogen) atoms. The molecule has 3 nitrogen and oxygen atoms in total. The molecule has 1 aromatic rings. The summed E-state index contributed by atoms with van der Waals surface area (Å²) in [6, 6.07) is 10.2. The Morgan fingerprint density at radius 2 is 1.47 bits per heavy atom. The molecule has 3 heteroatoms. The van der Waals surface area contributed by atoms with Crippen molar-refractivity contribution >= 4 is 0 Å². The van der Waals surface area contributed by atoms with Crippen LogP contribution < -0.4 is 17.2 Å². The third-order valence-electron chi connectivity index (χ3n) is 1.98. The molecule has 1 unspecified atom stereocenters. The molecule has 0 amide bonds. The molecule has 6 N–H and O–H groups in total. The van der Waals surface area contributed by atoms with Gasteiger partial charge in [0.2, 0.25) is 0 Å². The van der Waals surface area contributed by atoms with Gasteiger partial charge in [-0.3, -0.25) is 0 Å². The van der Waals surface area contributed by atoms with Crippen molar-refractivity contribution in [1.29, 1.82) is 0 Å². The third-order valence-corrected chi connectivity index (χ3v) is 1.98. The Labute approximate surface area is 92.6 Å². The van der Waals surface area contributed by atoms with Crippen LogP contribution in [0.3, 0.4) is 0 Å². The van der Waals surface area contributed by atoms with Crippen molar-refractivity contribution in [3.63, 3.8) is 0 Å². The number of benzene rings is 1. The van der Waals surface area contributed by atoms with Gasteiger partial charge in [-0.15, -0.1) is 0 Å². The summed E-state index contributed by atoms with van der Waals surface area (Å²) in [5, 5.41) is 0. The molecule has 0 radical (unpaired) electrons. The maximum Gasteiger partial charge on any atom is 0.0266 e. The monoisotopic (exact) mass is 209 g/mol. The van der Waals surface area contributed by atoms with Gasteiger partial charge in [-0.25, -0.2) is 0 Å². The Hall–Kier alpha value is -0.900. The zero-order chi connectivity index (χ0) is 11.5. The molecule has 0 saturated carbocycles. The van der Waals surface area contributed by atoms with Crippen LogP contribution in [0.2, 0.25) is 0 Å². The summed E-state index contributed by atoms with van der Waals surface area (Å²) in [6.07, 6.45) is 2.13. The van der Waals surface area contributed by atoms with Crippen LogP contribution in [0, 0.1) is 0 Å². The minimum Gasteiger partial charge on any atom is -0.330 e. The molecule has 1 rings (SSSR count). The summed E-state index contributed by atoms with van der Waals surface area (Å²) in [7, 11) is 0. The van der Waals surface area contributed by atoms with Gasteiger partial charge in [0.15, 0.2) is 0 Å². The van der Waals surface area contributed by atoms with Gasteiger partial charge < -0.3 is 17.2 Å². The molecule has 0 aliphatic rings. The third kappa shape index (κ3) is 8.12. The first-order chi connectivity index (χ1) is 7.22. The molecule has 0 aromatic heterocycles. The predicted molar refractivity (Wildman–Crippen MR) is 66.4 cm³/mol. The molecule has 0 fully saturated rings. The highest BCUT2D eigenvalue weighted by Gasteiger charge is 1.93. The summed E-state index contributed by atoms with van der Waals surface area (Å²) in [4.78, 5) is 0. The van der Waals surface area contributed by atoms with Crippen molar-refractivity contribution in [2.24, 2.45) is 17.2 Å². The Bertz CT molecular complexity index is 218. The summed E-state index contributed by atoms with van der Waals surface area (Å²) >= 11 is 0. The largest absolute Gasteiger partial charge is 0.330 e. The fraction of sp³-hybridized carbons (Fsp3) is 0.500. The fourth-order valence-electron chi connectivity index (χ4n) is 1.05. The van der Waals surface area contributed by atoms with E-state index in [-0.39, 0.29) is 6.04 Å². The molecule has 0 saturated heterocycles. The predicted octanol–water partition coefficient (Wildman–Crippen LogP) is 1.39. The van der Waals surface area contributed by atoms with Crippen molar-refractivity contribution in [2.75, 3.05) is 13.1 Å². The highest BCUT2D eigenvalue weighted by atomic mass is 14.6. The second-order valence-electron chi connectivity index (χ2n) is 3.48. The smallest absolute Gasteiger partial charge is 0.0266 e. The van der Waals surface area contributed by atoms with Gasteiger partial charge in [0, 0.05) is 6.04 Å². The summed E-state index contributed by atoms with van der Waals surface area (Å²) in [6.45, 7) is 3.53. The Balaban J connectivity index is 0.000000288. The lowest BCUT2D eigenvalue weighted by Gasteiger charge is -2.02. The SMILES string of the molecule is CC(N)c1ccccc1.NCCCCN. The minimum absolute atomic E-state index is 0.159. The molecular weight excluding hydrogens is 186 g/mol. The molecule has 0 aliphatic heterocycles. The van der Waals surface area contributed by atoms with Gasteiger partial charge in [-0.05, 0) is 38.4 Å². The number of nitrogens with two attached hydrogens (primary N) is 3. The van der Waals surface area contributed by atoms with Crippen LogP contribution in [0.1, 0.15) is 31.4 Å². The number of hydrogen-bond acceptors (Lipinski definition) is 3. The molecule has 86 valence electrons. The van der Waals surface area contributed by atoms with Gasteiger partial charge in [-0.1, -0.05) is 30.3 Å². The average molecular weight is 209 g/mol. The van der Waals surface area contributed by atoms with E-state index in [4.69, 9.17) is 17.2 Å². The van der Waals surface area contributed by atoms with Gasteiger partial charge >= 0.3 is 0 Å². The summed E-state index contributed by atoms with van der Waals surface area (Å²) in [5.41, 5.74) is 17.1. The van der Waals surface area contributed by atoms with Crippen molar-refractivity contribution in [1.82, 2.24) is 0 Å². The standard InChI is InChI=1S/C8H11N.C4H12N2/c1-7(9)8-5-3-2-4-6-8;5-3-1-2-4-6/h2-7H,9H2,1H3;1-6H2. The van der Waals surface area contributed by atoms with Gasteiger partial charge in [0.05, 0.1) is 0 Å². The summed E-state index contributed by atoms with van der Waals surface area (Å²) < 4.78 is 0. The van der Waals surface area contributed by atoms with E-state index in [1.165, 1.54) is 5.56 Å². The van der Waals surface area contributed by atoms with E-state index in [1.54, 1.807) is 0 Å². The van der Waals surface area contributed by atoms with E-state index < -0.39 is 0 Å². The topological polar surface area (TPSA) is 78.1 Å². The van der Waals surface area contributed by atoms with Gasteiger partial charge in [0.25, 0.3) is 0 Å². The van der Waals surface area contributed by atoms with Gasteiger partial charge in [0.1, 0.15) is 0 Å². The first-order valence-electron chi connectivity index (χ1n) is 5.43. The molecular formula is C12H23N3. The first-order valence-corrected chi connectivity index (χ1v) is 5.43. The second kappa shape index (κ2) is 9.65. The highest BCUT2D eigenvalue weighted by Crippen LogP contribution is 2.06. The normalized spacial score (nSPS) is 11.5. The Kier molecular flexibility index (Phi) is 9.07. The first kappa shape index (κ1) is 14.1. The zero-order valence-electron chi connectivity index (χ0n) is 9.52. The van der Waals surface area contributed by atoms with E-state index in [0.29, 0.717) is 0 Å². The molecule has 0 aliphatic carbocycles. The lowest BCUT2D eigenvalue weighted by molar-refractivity contribution is 0.755. The lowest BCUT2D eigenvalue weighted by atomic mass is 10.1. The van der Waals surface area contributed by atoms with Gasteiger partial charge in [-0.2, -0.15) is 0 Å². The lowest BCUT2D eigenvalue weighted by Crippen LogP contribution is -2.03. The van der Waals surface area contributed by atoms with Crippen LogP contribution in [0.15, 0.2) is 30.3 Å². The Morgan fingerprint density at radius 3 is 1.73 bits per heavy atom. The van der Waals surface area contributed by atoms with E-state index in [2.05, 4.69) is 0 Å². The number of unbranched alkanes of at least 4 members (excludes halogenated alkanes) is 1. The van der Waals surface area contributed by atoms with E-state index in [1.807, 2.05) is 37.3 Å². The number of hydrogen-bond donors (Lipinski definition) is 3. The fourth-order valence-corrected chi connectivity index (χ4v) is 1.05. The number of rotatable bonds is 4. The van der Waals surface area contributed by atoms with E-state index >= 15 is 0 Å². The van der Waals surface area contributed by atoms with Crippen molar-refractivity contribution in [3.8, 4) is 0 Å². The van der Waals surface area contributed by atoms with Crippen molar-refractivity contribution in [3.05, 3.63) is 35.9 Å². The van der Waals surface area contributed by atoms with Crippen molar-refractivity contribution in [2.45, 2.75) is 25.8 Å². The molecule has 0 bridgehead atoms. The summed E-state index contributed by atoms with van der Waals surface area (Å²) in [5.74, 6) is 0. The quantitative estimate of drug-likeness (QED) is 0.656. The average Bonchev–Trinajstić information content (AvgIpc) is 2.28. The van der Waals surface area contributed by atoms with E-state index in [9.17, 15) is 0 Å². The zero-order valence-corrected chi connectivity index (χ0v) is 9.52. The van der Waals surface area contributed by atoms with Crippen LogP contribution in [0.25, 0.3) is 0 Å². The highest BCUT2D eigenvalue weighted by molar-refractivity contribution is 5.17. The maximum absolute atomic E-state index is 5.61. The van der Waals surface area contributed by atoms with E-state index in [0.717, 1.165) is 25.9 Å². The van der Waals surface area contributed by atoms with Crippen LogP contribution in [-0.4, -0.2) is 13.1 Å². The second-order valence-corrected chi connectivity index (χ2v) is 3.48. The molecule has 0 heterocycles. The molecule has 1 atom stereocenters. The van der Waals surface area contributed by atoms with Crippen molar-refractivity contribution < 1.29 is 0 Å². The minimum atomic E-state index is 0.159. The van der Waals surface area contributed by atoms with Crippen LogP contribution in [-0.2, 0) is 0 Å².